The Labute approximate surface area is 174 Å². The zero-order valence-corrected chi connectivity index (χ0v) is 17.7. The molecule has 0 unspecified atom stereocenters. The van der Waals surface area contributed by atoms with Crippen molar-refractivity contribution in [2.24, 2.45) is 0 Å². The molecule has 1 aliphatic carbocycles. The molecular formula is C20H27IN2O4. The Bertz CT molecular complexity index is 655. The summed E-state index contributed by atoms with van der Waals surface area (Å²) in [5, 5.41) is 3.01. The Morgan fingerprint density at radius 1 is 1.15 bits per heavy atom. The molecule has 0 radical (unpaired) electrons. The molecule has 0 spiro atoms. The van der Waals surface area contributed by atoms with E-state index in [4.69, 9.17) is 9.47 Å². The van der Waals surface area contributed by atoms with Gasteiger partial charge in [-0.1, -0.05) is 31.4 Å². The van der Waals surface area contributed by atoms with Gasteiger partial charge in [0.05, 0.1) is 18.8 Å². The summed E-state index contributed by atoms with van der Waals surface area (Å²) in [6.07, 6.45) is 5.82. The molecular weight excluding hydrogens is 459 g/mol. The van der Waals surface area contributed by atoms with Crippen LogP contribution in [0.5, 0.6) is 0 Å². The molecule has 1 aromatic rings. The Balaban J connectivity index is 1.52. The first-order valence-electron chi connectivity index (χ1n) is 9.62. The molecule has 1 aliphatic heterocycles. The smallest absolute Gasteiger partial charge is 0.339 e. The molecule has 1 heterocycles. The summed E-state index contributed by atoms with van der Waals surface area (Å²) < 4.78 is 11.5. The summed E-state index contributed by atoms with van der Waals surface area (Å²) >= 11 is 2.09. The highest BCUT2D eigenvalue weighted by Gasteiger charge is 2.38. The number of nitrogens with one attached hydrogen (secondary N) is 1. The molecule has 7 heteroatoms. The number of carbonyl (C=O) groups excluding carboxylic acids is 2. The van der Waals surface area contributed by atoms with Gasteiger partial charge in [0.1, 0.15) is 0 Å². The van der Waals surface area contributed by atoms with Crippen molar-refractivity contribution < 1.29 is 19.1 Å². The van der Waals surface area contributed by atoms with E-state index in [1.54, 1.807) is 12.1 Å². The van der Waals surface area contributed by atoms with Crippen LogP contribution in [0.25, 0.3) is 0 Å². The molecule has 0 bridgehead atoms. The lowest BCUT2D eigenvalue weighted by Gasteiger charge is -2.48. The number of hydrogen-bond acceptors (Lipinski definition) is 5. The summed E-state index contributed by atoms with van der Waals surface area (Å²) in [4.78, 5) is 26.9. The molecule has 1 saturated heterocycles. The predicted molar refractivity (Wildman–Crippen MR) is 111 cm³/mol. The third kappa shape index (κ3) is 5.42. The van der Waals surface area contributed by atoms with Crippen molar-refractivity contribution in [1.29, 1.82) is 0 Å². The van der Waals surface area contributed by atoms with E-state index in [9.17, 15) is 9.59 Å². The Kier molecular flexibility index (Phi) is 7.49. The van der Waals surface area contributed by atoms with E-state index in [1.165, 1.54) is 19.3 Å². The normalized spacial score (nSPS) is 20.0. The number of carbonyl (C=O) groups is 2. The Hall–Kier alpha value is -1.19. The maximum absolute atomic E-state index is 12.3. The van der Waals surface area contributed by atoms with Gasteiger partial charge < -0.3 is 14.8 Å². The van der Waals surface area contributed by atoms with Crippen LogP contribution in [-0.4, -0.2) is 61.8 Å². The van der Waals surface area contributed by atoms with Crippen LogP contribution in [0, 0.1) is 3.57 Å². The first kappa shape index (κ1) is 20.5. The second-order valence-electron chi connectivity index (χ2n) is 7.22. The highest BCUT2D eigenvalue weighted by atomic mass is 127. The number of halogens is 1. The third-order valence-corrected chi connectivity index (χ3v) is 6.45. The lowest BCUT2D eigenvalue weighted by atomic mass is 9.79. The zero-order chi connectivity index (χ0) is 19.1. The van der Waals surface area contributed by atoms with E-state index >= 15 is 0 Å². The quantitative estimate of drug-likeness (QED) is 0.495. The molecule has 1 saturated carbocycles. The number of esters is 1. The van der Waals surface area contributed by atoms with E-state index in [-0.39, 0.29) is 18.1 Å². The first-order chi connectivity index (χ1) is 13.1. The summed E-state index contributed by atoms with van der Waals surface area (Å²) in [5.74, 6) is -0.705. The Morgan fingerprint density at radius 2 is 1.85 bits per heavy atom. The molecule has 2 fully saturated rings. The summed E-state index contributed by atoms with van der Waals surface area (Å²) in [7, 11) is 0. The minimum absolute atomic E-state index is 0.0104. The molecule has 1 N–H and O–H groups in total. The summed E-state index contributed by atoms with van der Waals surface area (Å²) in [6, 6.07) is 7.19. The largest absolute Gasteiger partial charge is 0.452 e. The van der Waals surface area contributed by atoms with Crippen LogP contribution in [0.4, 0.5) is 0 Å². The van der Waals surface area contributed by atoms with Gasteiger partial charge in [-0.05, 0) is 47.6 Å². The van der Waals surface area contributed by atoms with Gasteiger partial charge in [-0.3, -0.25) is 9.69 Å². The number of hydrogen-bond donors (Lipinski definition) is 1. The van der Waals surface area contributed by atoms with Crippen molar-refractivity contribution in [3.63, 3.8) is 0 Å². The van der Waals surface area contributed by atoms with Crippen molar-refractivity contribution >= 4 is 34.5 Å². The third-order valence-electron chi connectivity index (χ3n) is 5.51. The standard InChI is InChI=1S/C20H27IN2O4/c21-17-7-3-2-6-16(17)19(25)27-14-18(24)22-15-20(8-4-1-5-9-20)23-10-12-26-13-11-23/h2-3,6-7H,1,4-5,8-15H2,(H,22,24). The lowest BCUT2D eigenvalue weighted by molar-refractivity contribution is -0.125. The van der Waals surface area contributed by atoms with Crippen LogP contribution < -0.4 is 5.32 Å². The van der Waals surface area contributed by atoms with E-state index in [0.29, 0.717) is 12.1 Å². The van der Waals surface area contributed by atoms with Crippen LogP contribution in [0.3, 0.4) is 0 Å². The van der Waals surface area contributed by atoms with Crippen LogP contribution in [0.15, 0.2) is 24.3 Å². The summed E-state index contributed by atoms with van der Waals surface area (Å²) in [6.45, 7) is 3.69. The number of rotatable bonds is 6. The number of nitrogens with zero attached hydrogens (tertiary/aromatic N) is 1. The SMILES string of the molecule is O=C(COC(=O)c1ccccc1I)NCC1(N2CCOCC2)CCCCC1. The number of amides is 1. The van der Waals surface area contributed by atoms with Crippen molar-refractivity contribution in [2.45, 2.75) is 37.6 Å². The topological polar surface area (TPSA) is 67.9 Å². The second kappa shape index (κ2) is 9.84. The molecule has 0 aromatic heterocycles. The van der Waals surface area contributed by atoms with Crippen LogP contribution in [0.2, 0.25) is 0 Å². The van der Waals surface area contributed by atoms with E-state index in [0.717, 1.165) is 42.7 Å². The molecule has 6 nitrogen and oxygen atoms in total. The van der Waals surface area contributed by atoms with Gasteiger partial charge in [-0.25, -0.2) is 4.79 Å². The lowest BCUT2D eigenvalue weighted by Crippen LogP contribution is -2.59. The highest BCUT2D eigenvalue weighted by Crippen LogP contribution is 2.33. The average Bonchev–Trinajstić information content (AvgIpc) is 2.72. The maximum Gasteiger partial charge on any atom is 0.339 e. The Morgan fingerprint density at radius 3 is 2.56 bits per heavy atom. The maximum atomic E-state index is 12.3. The van der Waals surface area contributed by atoms with Gasteiger partial charge in [0, 0.05) is 28.7 Å². The number of benzene rings is 1. The van der Waals surface area contributed by atoms with Gasteiger partial charge >= 0.3 is 5.97 Å². The molecule has 27 heavy (non-hydrogen) atoms. The molecule has 3 rings (SSSR count). The van der Waals surface area contributed by atoms with Gasteiger partial charge in [0.25, 0.3) is 5.91 Å². The molecule has 1 aromatic carbocycles. The summed E-state index contributed by atoms with van der Waals surface area (Å²) in [5.41, 5.74) is 0.499. The van der Waals surface area contributed by atoms with Crippen molar-refractivity contribution in [3.8, 4) is 0 Å². The fourth-order valence-electron chi connectivity index (χ4n) is 4.00. The first-order valence-corrected chi connectivity index (χ1v) is 10.7. The van der Waals surface area contributed by atoms with Gasteiger partial charge in [0.15, 0.2) is 6.61 Å². The fraction of sp³-hybridized carbons (Fsp3) is 0.600. The zero-order valence-electron chi connectivity index (χ0n) is 15.5. The van der Waals surface area contributed by atoms with Gasteiger partial charge in [-0.15, -0.1) is 0 Å². The van der Waals surface area contributed by atoms with Crippen molar-refractivity contribution in [2.75, 3.05) is 39.5 Å². The monoisotopic (exact) mass is 486 g/mol. The number of morpholine rings is 1. The van der Waals surface area contributed by atoms with Crippen molar-refractivity contribution in [3.05, 3.63) is 33.4 Å². The van der Waals surface area contributed by atoms with E-state index < -0.39 is 5.97 Å². The molecule has 1 amide bonds. The van der Waals surface area contributed by atoms with Crippen LogP contribution >= 0.6 is 22.6 Å². The van der Waals surface area contributed by atoms with Gasteiger partial charge in [-0.2, -0.15) is 0 Å². The van der Waals surface area contributed by atoms with Crippen molar-refractivity contribution in [1.82, 2.24) is 10.2 Å². The van der Waals surface area contributed by atoms with Crippen LogP contribution in [-0.2, 0) is 14.3 Å². The van der Waals surface area contributed by atoms with Crippen LogP contribution in [0.1, 0.15) is 42.5 Å². The number of ether oxygens (including phenoxy) is 2. The van der Waals surface area contributed by atoms with E-state index in [1.807, 2.05) is 12.1 Å². The van der Waals surface area contributed by atoms with E-state index in [2.05, 4.69) is 32.8 Å². The van der Waals surface area contributed by atoms with Gasteiger partial charge in [0.2, 0.25) is 0 Å². The second-order valence-corrected chi connectivity index (χ2v) is 8.38. The minimum atomic E-state index is -0.462. The highest BCUT2D eigenvalue weighted by molar-refractivity contribution is 14.1. The average molecular weight is 486 g/mol. The minimum Gasteiger partial charge on any atom is -0.452 e. The predicted octanol–water partition coefficient (Wildman–Crippen LogP) is 2.60. The molecule has 0 atom stereocenters. The fourth-order valence-corrected chi connectivity index (χ4v) is 4.61. The molecule has 148 valence electrons. The molecule has 2 aliphatic rings.